The summed E-state index contributed by atoms with van der Waals surface area (Å²) in [5.41, 5.74) is 1.47. The van der Waals surface area contributed by atoms with E-state index in [4.69, 9.17) is 9.15 Å². The molecule has 4 aromatic rings. The topological polar surface area (TPSA) is 73.8 Å². The molecule has 1 aliphatic heterocycles. The molecule has 0 aliphatic carbocycles. The van der Waals surface area contributed by atoms with Crippen molar-refractivity contribution in [3.8, 4) is 0 Å². The fourth-order valence-electron chi connectivity index (χ4n) is 4.20. The predicted molar refractivity (Wildman–Crippen MR) is 160 cm³/mol. The second-order valence-electron chi connectivity index (χ2n) is 9.01. The van der Waals surface area contributed by atoms with E-state index in [-0.39, 0.29) is 11.7 Å². The molecule has 0 radical (unpaired) electrons. The number of aromatic nitrogens is 1. The Hall–Kier alpha value is -2.79. The number of thioether (sulfide) groups is 1. The van der Waals surface area contributed by atoms with Gasteiger partial charge in [-0.1, -0.05) is 53.4 Å². The number of nitrogens with zero attached hydrogens (tertiary/aromatic N) is 2. The van der Waals surface area contributed by atoms with Gasteiger partial charge in [0, 0.05) is 15.9 Å². The lowest BCUT2D eigenvalue weighted by Crippen LogP contribution is -2.40. The Kier molecular flexibility index (Phi) is 8.37. The molecular formula is C29H25BrN2O4S3. The highest BCUT2D eigenvalue weighted by Gasteiger charge is 2.33. The van der Waals surface area contributed by atoms with Gasteiger partial charge < -0.3 is 9.15 Å². The third-order valence-corrected chi connectivity index (χ3v) is 9.49. The number of thiazole rings is 1. The minimum absolute atomic E-state index is 0.246. The van der Waals surface area contributed by atoms with E-state index in [0.29, 0.717) is 31.5 Å². The highest BCUT2D eigenvalue weighted by atomic mass is 79.9. The Labute approximate surface area is 246 Å². The number of fused-ring (bicyclic) bond motifs is 1. The average Bonchev–Trinajstić information content (AvgIpc) is 3.41. The molecule has 10 heteroatoms. The van der Waals surface area contributed by atoms with Crippen LogP contribution in [-0.2, 0) is 9.53 Å². The van der Waals surface area contributed by atoms with Crippen molar-refractivity contribution in [3.63, 3.8) is 0 Å². The van der Waals surface area contributed by atoms with Crippen LogP contribution in [0.15, 0.2) is 105 Å². The molecule has 0 N–H and O–H groups in total. The minimum atomic E-state index is -0.655. The van der Waals surface area contributed by atoms with Crippen molar-refractivity contribution in [2.24, 2.45) is 4.99 Å². The summed E-state index contributed by atoms with van der Waals surface area (Å²) < 4.78 is 14.5. The smallest absolute Gasteiger partial charge is 0.338 e. The van der Waals surface area contributed by atoms with E-state index in [9.17, 15) is 9.59 Å². The van der Waals surface area contributed by atoms with Gasteiger partial charge in [0.05, 0.1) is 32.4 Å². The standard InChI is InChI=1S/C29H25BrN2O4S3/c1-16(2)35-27(34)24-17(3)31-29-32(25(24)18-10-12-20(37-4)13-11-18)26(33)23(39-29)15-19-14-22(30)28(36-19)38-21-8-6-5-7-9-21/h5-16,25H,1-4H3/b23-15+/t25-/m1/s1. The van der Waals surface area contributed by atoms with Gasteiger partial charge >= 0.3 is 5.97 Å². The number of halogens is 1. The summed E-state index contributed by atoms with van der Waals surface area (Å²) in [6, 6.07) is 19.0. The minimum Gasteiger partial charge on any atom is -0.459 e. The Morgan fingerprint density at radius 2 is 1.87 bits per heavy atom. The number of allylic oxidation sites excluding steroid dienone is 1. The lowest BCUT2D eigenvalue weighted by Gasteiger charge is -2.25. The van der Waals surface area contributed by atoms with Crippen molar-refractivity contribution in [1.29, 1.82) is 0 Å². The molecule has 200 valence electrons. The predicted octanol–water partition coefficient (Wildman–Crippen LogP) is 6.42. The zero-order valence-electron chi connectivity index (χ0n) is 21.6. The fourth-order valence-corrected chi connectivity index (χ4v) is 6.98. The molecule has 2 aromatic carbocycles. The van der Waals surface area contributed by atoms with Crippen LogP contribution in [0.5, 0.6) is 0 Å². The number of hydrogen-bond donors (Lipinski definition) is 0. The van der Waals surface area contributed by atoms with E-state index in [2.05, 4.69) is 20.9 Å². The summed E-state index contributed by atoms with van der Waals surface area (Å²) in [7, 11) is 0. The van der Waals surface area contributed by atoms with Crippen molar-refractivity contribution >= 4 is 62.8 Å². The maximum absolute atomic E-state index is 13.8. The van der Waals surface area contributed by atoms with Crippen molar-refractivity contribution < 1.29 is 13.9 Å². The molecule has 0 bridgehead atoms. The second-order valence-corrected chi connectivity index (χ2v) is 12.8. The van der Waals surface area contributed by atoms with E-state index in [1.807, 2.05) is 66.9 Å². The van der Waals surface area contributed by atoms with Crippen LogP contribution in [0, 0.1) is 0 Å². The molecule has 5 rings (SSSR count). The molecule has 0 spiro atoms. The summed E-state index contributed by atoms with van der Waals surface area (Å²) in [6.45, 7) is 5.39. The van der Waals surface area contributed by atoms with E-state index in [1.165, 1.54) is 23.1 Å². The summed E-state index contributed by atoms with van der Waals surface area (Å²) in [4.78, 5) is 34.4. The molecule has 0 fully saturated rings. The molecule has 39 heavy (non-hydrogen) atoms. The third-order valence-electron chi connectivity index (χ3n) is 5.92. The Morgan fingerprint density at radius 1 is 1.15 bits per heavy atom. The monoisotopic (exact) mass is 640 g/mol. The molecule has 2 aromatic heterocycles. The highest BCUT2D eigenvalue weighted by molar-refractivity contribution is 9.10. The fraction of sp³-hybridized carbons (Fsp3) is 0.207. The quantitative estimate of drug-likeness (QED) is 0.172. The number of esters is 1. The molecule has 6 nitrogen and oxygen atoms in total. The molecule has 0 unspecified atom stereocenters. The van der Waals surface area contributed by atoms with Crippen LogP contribution in [0.4, 0.5) is 0 Å². The maximum Gasteiger partial charge on any atom is 0.338 e. The van der Waals surface area contributed by atoms with E-state index >= 15 is 0 Å². The van der Waals surface area contributed by atoms with Gasteiger partial charge in [-0.3, -0.25) is 9.36 Å². The van der Waals surface area contributed by atoms with Crippen molar-refractivity contribution in [2.75, 3.05) is 6.26 Å². The maximum atomic E-state index is 13.8. The van der Waals surface area contributed by atoms with Crippen molar-refractivity contribution in [3.05, 3.63) is 107 Å². The van der Waals surface area contributed by atoms with E-state index in [0.717, 1.165) is 19.8 Å². The lowest BCUT2D eigenvalue weighted by molar-refractivity contribution is -0.143. The normalized spacial score (nSPS) is 15.4. The summed E-state index contributed by atoms with van der Waals surface area (Å²) in [5, 5.41) is 0.696. The summed E-state index contributed by atoms with van der Waals surface area (Å²) in [5.74, 6) is 0.0682. The zero-order valence-corrected chi connectivity index (χ0v) is 25.7. The Bertz CT molecular complexity index is 1740. The van der Waals surface area contributed by atoms with Gasteiger partial charge in [-0.05, 0) is 78.9 Å². The number of furan rings is 1. The molecule has 0 amide bonds. The van der Waals surface area contributed by atoms with Crippen LogP contribution in [-0.4, -0.2) is 22.9 Å². The second kappa shape index (κ2) is 11.8. The van der Waals surface area contributed by atoms with Crippen LogP contribution in [0.3, 0.4) is 0 Å². The number of carbonyl (C=O) groups is 1. The number of carbonyl (C=O) groups excluding carboxylic acids is 1. The first-order chi connectivity index (χ1) is 18.7. The SMILES string of the molecule is CSc1ccc([C@@H]2C(C(=O)OC(C)C)=C(C)N=c3s/c(=C/c4cc(Br)c(Sc5ccccc5)o4)c(=O)n32)cc1. The molecule has 0 saturated heterocycles. The Morgan fingerprint density at radius 3 is 2.54 bits per heavy atom. The Balaban J connectivity index is 1.61. The van der Waals surface area contributed by atoms with E-state index < -0.39 is 12.0 Å². The largest absolute Gasteiger partial charge is 0.459 e. The van der Waals surface area contributed by atoms with Gasteiger partial charge in [0.15, 0.2) is 9.89 Å². The van der Waals surface area contributed by atoms with Gasteiger partial charge in [-0.25, -0.2) is 9.79 Å². The van der Waals surface area contributed by atoms with Crippen LogP contribution >= 0.6 is 50.8 Å². The average molecular weight is 642 g/mol. The van der Waals surface area contributed by atoms with E-state index in [1.54, 1.807) is 43.2 Å². The summed E-state index contributed by atoms with van der Waals surface area (Å²) in [6.07, 6.45) is 3.43. The highest BCUT2D eigenvalue weighted by Crippen LogP contribution is 2.36. The number of rotatable bonds is 7. The van der Waals surface area contributed by atoms with Crippen LogP contribution < -0.4 is 14.9 Å². The first-order valence-corrected chi connectivity index (χ1v) is 15.8. The van der Waals surface area contributed by atoms with Crippen molar-refractivity contribution in [1.82, 2.24) is 4.57 Å². The van der Waals surface area contributed by atoms with Crippen LogP contribution in [0.25, 0.3) is 6.08 Å². The third kappa shape index (κ3) is 5.89. The van der Waals surface area contributed by atoms with Crippen molar-refractivity contribution in [2.45, 2.75) is 47.8 Å². The van der Waals surface area contributed by atoms with Crippen LogP contribution in [0.2, 0.25) is 0 Å². The van der Waals surface area contributed by atoms with Gasteiger partial charge in [0.2, 0.25) is 0 Å². The summed E-state index contributed by atoms with van der Waals surface area (Å²) >= 11 is 7.97. The van der Waals surface area contributed by atoms with Crippen LogP contribution in [0.1, 0.15) is 38.1 Å². The zero-order chi connectivity index (χ0) is 27.7. The molecule has 0 saturated carbocycles. The van der Waals surface area contributed by atoms with Gasteiger partial charge in [0.25, 0.3) is 5.56 Å². The first kappa shape index (κ1) is 27.8. The number of hydrogen-bond acceptors (Lipinski definition) is 8. The van der Waals surface area contributed by atoms with Gasteiger partial charge in [-0.15, -0.1) is 11.8 Å². The first-order valence-electron chi connectivity index (χ1n) is 12.1. The van der Waals surface area contributed by atoms with Gasteiger partial charge in [-0.2, -0.15) is 0 Å². The van der Waals surface area contributed by atoms with Gasteiger partial charge in [0.1, 0.15) is 5.76 Å². The molecule has 1 aliphatic rings. The molecule has 3 heterocycles. The lowest BCUT2D eigenvalue weighted by atomic mass is 9.96. The number of benzene rings is 2. The molecular weight excluding hydrogens is 616 g/mol. The number of ether oxygens (including phenoxy) is 1. The molecule has 1 atom stereocenters.